The van der Waals surface area contributed by atoms with Crippen LogP contribution >= 0.6 is 0 Å². The third-order valence-electron chi connectivity index (χ3n) is 7.11. The molecule has 242 valence electrons. The van der Waals surface area contributed by atoms with Gasteiger partial charge in [0.2, 0.25) is 11.8 Å². The molecule has 0 aromatic heterocycles. The monoisotopic (exact) mass is 645 g/mol. The van der Waals surface area contributed by atoms with Gasteiger partial charge < -0.3 is 15.0 Å². The first-order valence-corrected chi connectivity index (χ1v) is 16.5. The predicted octanol–water partition coefficient (Wildman–Crippen LogP) is 5.97. The van der Waals surface area contributed by atoms with E-state index < -0.39 is 45.8 Å². The van der Waals surface area contributed by atoms with Crippen molar-refractivity contribution in [2.24, 2.45) is 0 Å². The fraction of sp³-hybridized carbons (Fsp3) is 0.278. The first-order valence-electron chi connectivity index (χ1n) is 15.1. The molecule has 0 aliphatic carbocycles. The van der Waals surface area contributed by atoms with Gasteiger partial charge in [0.25, 0.3) is 10.0 Å². The van der Waals surface area contributed by atoms with Gasteiger partial charge in [-0.1, -0.05) is 78.9 Å². The van der Waals surface area contributed by atoms with Gasteiger partial charge in [0.15, 0.2) is 0 Å². The largest absolute Gasteiger partial charge is 0.492 e. The van der Waals surface area contributed by atoms with E-state index in [1.165, 1.54) is 29.2 Å². The summed E-state index contributed by atoms with van der Waals surface area (Å²) in [5, 5.41) is 2.96. The normalized spacial score (nSPS) is 12.2. The Morgan fingerprint density at radius 3 is 2.07 bits per heavy atom. The van der Waals surface area contributed by atoms with E-state index in [2.05, 4.69) is 5.32 Å². The lowest BCUT2D eigenvalue weighted by Crippen LogP contribution is -2.56. The molecule has 0 heterocycles. The summed E-state index contributed by atoms with van der Waals surface area (Å²) in [5.41, 5.74) is 0.479. The number of sulfonamides is 1. The zero-order chi connectivity index (χ0) is 33.3. The number of nitrogens with zero attached hydrogens (tertiary/aromatic N) is 2. The van der Waals surface area contributed by atoms with E-state index in [9.17, 15) is 18.0 Å². The summed E-state index contributed by atoms with van der Waals surface area (Å²) in [7, 11) is -4.31. The molecule has 0 bridgehead atoms. The molecule has 0 unspecified atom stereocenters. The summed E-state index contributed by atoms with van der Waals surface area (Å²) < 4.78 is 50.3. The Bertz CT molecular complexity index is 1730. The lowest BCUT2D eigenvalue weighted by Gasteiger charge is -2.35. The number of nitrogens with one attached hydrogen (secondary N) is 1. The van der Waals surface area contributed by atoms with Gasteiger partial charge in [-0.2, -0.15) is 0 Å². The second-order valence-corrected chi connectivity index (χ2v) is 13.6. The first-order chi connectivity index (χ1) is 21.9. The summed E-state index contributed by atoms with van der Waals surface area (Å²) in [6.07, 6.45) is 0.115. The van der Waals surface area contributed by atoms with Crippen LogP contribution in [0.25, 0.3) is 0 Å². The molecule has 0 saturated carbocycles. The molecule has 4 rings (SSSR count). The van der Waals surface area contributed by atoms with Gasteiger partial charge >= 0.3 is 0 Å². The maximum absolute atomic E-state index is 15.1. The Hall–Kier alpha value is -4.70. The molecule has 1 N–H and O–H groups in total. The molecule has 0 spiro atoms. The minimum atomic E-state index is -4.31. The van der Waals surface area contributed by atoms with Crippen molar-refractivity contribution in [3.8, 4) is 5.75 Å². The molecule has 10 heteroatoms. The minimum Gasteiger partial charge on any atom is -0.492 e. The lowest BCUT2D eigenvalue weighted by molar-refractivity contribution is -0.140. The van der Waals surface area contributed by atoms with Crippen LogP contribution in [0.1, 0.15) is 38.8 Å². The Kier molecular flexibility index (Phi) is 11.2. The number of ether oxygens (including phenoxy) is 1. The van der Waals surface area contributed by atoms with Crippen molar-refractivity contribution in [1.82, 2.24) is 10.2 Å². The van der Waals surface area contributed by atoms with Gasteiger partial charge in [0.05, 0.1) is 17.2 Å². The van der Waals surface area contributed by atoms with Crippen LogP contribution in [0, 0.1) is 5.82 Å². The molecular formula is C36H40FN3O5S. The van der Waals surface area contributed by atoms with Crippen molar-refractivity contribution in [3.05, 3.63) is 126 Å². The van der Waals surface area contributed by atoms with Crippen molar-refractivity contribution in [2.45, 2.75) is 57.1 Å². The average molecular weight is 646 g/mol. The van der Waals surface area contributed by atoms with Crippen LogP contribution in [0.3, 0.4) is 0 Å². The highest BCUT2D eigenvalue weighted by molar-refractivity contribution is 7.92. The Balaban J connectivity index is 1.85. The van der Waals surface area contributed by atoms with Crippen molar-refractivity contribution < 1.29 is 27.1 Å². The molecule has 2 amide bonds. The van der Waals surface area contributed by atoms with E-state index in [1.807, 2.05) is 51.1 Å². The molecule has 0 fully saturated rings. The molecule has 1 atom stereocenters. The topological polar surface area (TPSA) is 96.0 Å². The van der Waals surface area contributed by atoms with Gasteiger partial charge in [-0.15, -0.1) is 0 Å². The van der Waals surface area contributed by atoms with E-state index in [4.69, 9.17) is 4.74 Å². The van der Waals surface area contributed by atoms with Crippen LogP contribution in [0.4, 0.5) is 10.1 Å². The van der Waals surface area contributed by atoms with Crippen LogP contribution < -0.4 is 14.4 Å². The predicted molar refractivity (Wildman–Crippen MR) is 177 cm³/mol. The van der Waals surface area contributed by atoms with Crippen LogP contribution in [0.5, 0.6) is 5.75 Å². The third kappa shape index (κ3) is 8.72. The Morgan fingerprint density at radius 2 is 1.43 bits per heavy atom. The van der Waals surface area contributed by atoms with Crippen LogP contribution in [0.15, 0.2) is 114 Å². The van der Waals surface area contributed by atoms with Crippen LogP contribution in [0.2, 0.25) is 0 Å². The Labute approximate surface area is 270 Å². The quantitative estimate of drug-likeness (QED) is 0.193. The van der Waals surface area contributed by atoms with E-state index >= 15 is 4.39 Å². The molecular weight excluding hydrogens is 605 g/mol. The number of carbonyl (C=O) groups excluding carboxylic acids is 2. The highest BCUT2D eigenvalue weighted by Gasteiger charge is 2.36. The number of hydrogen-bond donors (Lipinski definition) is 1. The number of carbonyl (C=O) groups is 2. The SMILES string of the molecule is CCOc1ccccc1N(CC(=O)N(Cc1ccccc1F)[C@@H](Cc1ccccc1)C(=O)NC(C)(C)C)S(=O)(=O)c1ccccc1. The highest BCUT2D eigenvalue weighted by Crippen LogP contribution is 2.33. The molecule has 4 aromatic carbocycles. The number of benzene rings is 4. The maximum Gasteiger partial charge on any atom is 0.264 e. The van der Waals surface area contributed by atoms with Crippen molar-refractivity contribution in [3.63, 3.8) is 0 Å². The number of para-hydroxylation sites is 2. The smallest absolute Gasteiger partial charge is 0.264 e. The summed E-state index contributed by atoms with van der Waals surface area (Å²) in [4.78, 5) is 29.8. The number of hydrogen-bond acceptors (Lipinski definition) is 5. The van der Waals surface area contributed by atoms with Crippen LogP contribution in [-0.2, 0) is 32.6 Å². The number of rotatable bonds is 13. The molecule has 46 heavy (non-hydrogen) atoms. The van der Waals surface area contributed by atoms with Crippen molar-refractivity contribution in [1.29, 1.82) is 0 Å². The van der Waals surface area contributed by atoms with Gasteiger partial charge in [-0.3, -0.25) is 13.9 Å². The molecule has 0 radical (unpaired) electrons. The molecule has 0 aliphatic rings. The van der Waals surface area contributed by atoms with Crippen molar-refractivity contribution >= 4 is 27.5 Å². The zero-order valence-corrected chi connectivity index (χ0v) is 27.3. The summed E-state index contributed by atoms with van der Waals surface area (Å²) >= 11 is 0. The number of halogens is 1. The van der Waals surface area contributed by atoms with Gasteiger partial charge in [0.1, 0.15) is 24.2 Å². The van der Waals surface area contributed by atoms with Crippen molar-refractivity contribution in [2.75, 3.05) is 17.5 Å². The molecule has 0 aliphatic heterocycles. The zero-order valence-electron chi connectivity index (χ0n) is 26.5. The maximum atomic E-state index is 15.1. The number of anilines is 1. The summed E-state index contributed by atoms with van der Waals surface area (Å²) in [6, 6.07) is 28.4. The standard InChI is InChI=1S/C36H40FN3O5S/c1-5-45-33-23-15-14-22-31(33)40(46(43,44)29-19-10-7-11-20-29)26-34(41)39(25-28-18-12-13-21-30(28)37)32(35(42)38-36(2,3)4)24-27-16-8-6-9-17-27/h6-23,32H,5,24-26H2,1-4H3,(H,38,42)/t32-/m0/s1. The highest BCUT2D eigenvalue weighted by atomic mass is 32.2. The molecule has 8 nitrogen and oxygen atoms in total. The fourth-order valence-corrected chi connectivity index (χ4v) is 6.44. The number of amides is 2. The third-order valence-corrected chi connectivity index (χ3v) is 8.89. The van der Waals surface area contributed by atoms with E-state index in [-0.39, 0.29) is 41.5 Å². The second-order valence-electron chi connectivity index (χ2n) is 11.8. The first kappa shape index (κ1) is 34.2. The van der Waals surface area contributed by atoms with Crippen LogP contribution in [-0.4, -0.2) is 49.9 Å². The van der Waals surface area contributed by atoms with E-state index in [0.29, 0.717) is 0 Å². The lowest BCUT2D eigenvalue weighted by atomic mass is 10.0. The van der Waals surface area contributed by atoms with E-state index in [0.717, 1.165) is 9.87 Å². The van der Waals surface area contributed by atoms with E-state index in [1.54, 1.807) is 61.5 Å². The van der Waals surface area contributed by atoms with Gasteiger partial charge in [0, 0.05) is 24.1 Å². The minimum absolute atomic E-state index is 0.0268. The Morgan fingerprint density at radius 1 is 0.848 bits per heavy atom. The molecule has 4 aromatic rings. The molecule has 0 saturated heterocycles. The van der Waals surface area contributed by atoms with Gasteiger partial charge in [-0.05, 0) is 63.6 Å². The second kappa shape index (κ2) is 15.1. The summed E-state index contributed by atoms with van der Waals surface area (Å²) in [5.74, 6) is -1.43. The summed E-state index contributed by atoms with van der Waals surface area (Å²) in [6.45, 7) is 6.56. The fourth-order valence-electron chi connectivity index (χ4n) is 4.99. The van der Waals surface area contributed by atoms with Gasteiger partial charge in [-0.25, -0.2) is 12.8 Å². The average Bonchev–Trinajstić information content (AvgIpc) is 3.03.